The highest BCUT2D eigenvalue weighted by Gasteiger charge is 2.50. The Morgan fingerprint density at radius 3 is 2.92 bits per heavy atom. The summed E-state index contributed by atoms with van der Waals surface area (Å²) in [6.07, 6.45) is 3.91. The molecule has 1 N–H and O–H groups in total. The van der Waals surface area contributed by atoms with Crippen molar-refractivity contribution in [3.63, 3.8) is 0 Å². The number of aromatic nitrogens is 1. The van der Waals surface area contributed by atoms with Crippen LogP contribution >= 0.6 is 0 Å². The monoisotopic (exact) mass is 353 g/mol. The number of amides is 1. The summed E-state index contributed by atoms with van der Waals surface area (Å²) in [7, 11) is -0.529. The fourth-order valence-corrected chi connectivity index (χ4v) is 3.92. The van der Waals surface area contributed by atoms with Gasteiger partial charge in [-0.05, 0) is 12.1 Å². The maximum absolute atomic E-state index is 12.3. The summed E-state index contributed by atoms with van der Waals surface area (Å²) in [5, 5.41) is 6.58. The second-order valence-corrected chi connectivity index (χ2v) is 8.20. The average Bonchev–Trinajstić information content (AvgIpc) is 3.16. The van der Waals surface area contributed by atoms with Crippen molar-refractivity contribution in [1.82, 2.24) is 13.6 Å². The van der Waals surface area contributed by atoms with E-state index in [4.69, 9.17) is 4.84 Å². The quantitative estimate of drug-likeness (QED) is 0.823. The molecule has 1 fully saturated rings. The zero-order chi connectivity index (χ0) is 17.4. The van der Waals surface area contributed by atoms with Gasteiger partial charge in [-0.25, -0.2) is 0 Å². The molecule has 24 heavy (non-hydrogen) atoms. The van der Waals surface area contributed by atoms with Crippen LogP contribution in [0.25, 0.3) is 0 Å². The van der Waals surface area contributed by atoms with E-state index >= 15 is 0 Å². The summed E-state index contributed by atoms with van der Waals surface area (Å²) in [5.41, 5.74) is 0.0577. The molecular weight excluding hydrogens is 334 g/mol. The Labute approximate surface area is 140 Å². The minimum atomic E-state index is -3.50. The lowest BCUT2D eigenvalue weighted by Gasteiger charge is -2.23. The highest BCUT2D eigenvalue weighted by molar-refractivity contribution is 7.86. The van der Waals surface area contributed by atoms with E-state index in [9.17, 15) is 13.2 Å². The van der Waals surface area contributed by atoms with Crippen LogP contribution in [-0.2, 0) is 19.8 Å². The molecule has 130 valence electrons. The minimum Gasteiger partial charge on any atom is -0.387 e. The number of carbonyl (C=O) groups excluding carboxylic acids is 1. The Kier molecular flexibility index (Phi) is 4.28. The molecule has 0 aromatic carbocycles. The summed E-state index contributed by atoms with van der Waals surface area (Å²) in [4.78, 5) is 21.6. The van der Waals surface area contributed by atoms with Crippen LogP contribution < -0.4 is 5.32 Å². The largest absolute Gasteiger partial charge is 0.387 e. The van der Waals surface area contributed by atoms with E-state index in [0.29, 0.717) is 18.7 Å². The fraction of sp³-hybridized carbons (Fsp3) is 0.500. The van der Waals surface area contributed by atoms with Gasteiger partial charge in [0, 0.05) is 39.7 Å². The van der Waals surface area contributed by atoms with Crippen LogP contribution in [0.1, 0.15) is 12.8 Å². The molecule has 1 aromatic rings. The van der Waals surface area contributed by atoms with E-state index < -0.39 is 15.8 Å². The van der Waals surface area contributed by atoms with Crippen molar-refractivity contribution >= 4 is 27.5 Å². The number of nitrogens with zero attached hydrogens (tertiary/aromatic N) is 4. The molecule has 3 rings (SSSR count). The lowest BCUT2D eigenvalue weighted by atomic mass is 9.96. The van der Waals surface area contributed by atoms with Gasteiger partial charge in [0.05, 0.1) is 18.4 Å². The van der Waals surface area contributed by atoms with Gasteiger partial charge in [-0.2, -0.15) is 17.0 Å². The Morgan fingerprint density at radius 2 is 2.25 bits per heavy atom. The van der Waals surface area contributed by atoms with Crippen molar-refractivity contribution in [2.24, 2.45) is 5.16 Å². The second kappa shape index (κ2) is 6.11. The van der Waals surface area contributed by atoms with Crippen molar-refractivity contribution < 1.29 is 18.0 Å². The maximum atomic E-state index is 12.3. The van der Waals surface area contributed by atoms with Crippen LogP contribution in [0.3, 0.4) is 0 Å². The summed E-state index contributed by atoms with van der Waals surface area (Å²) >= 11 is 0. The lowest BCUT2D eigenvalue weighted by Crippen LogP contribution is -2.42. The fourth-order valence-electron chi connectivity index (χ4n) is 2.74. The summed E-state index contributed by atoms with van der Waals surface area (Å²) in [5.74, 6) is -0.367. The molecule has 0 aliphatic carbocycles. The molecular formula is C14H19N5O4S. The van der Waals surface area contributed by atoms with Crippen LogP contribution in [-0.4, -0.2) is 66.4 Å². The van der Waals surface area contributed by atoms with Crippen molar-refractivity contribution in [3.05, 3.63) is 24.5 Å². The Hall–Kier alpha value is -2.04. The summed E-state index contributed by atoms with van der Waals surface area (Å²) in [6, 6.07) is 3.43. The number of pyridine rings is 1. The predicted octanol–water partition coefficient (Wildman–Crippen LogP) is 0.0473. The molecule has 0 radical (unpaired) electrons. The zero-order valence-electron chi connectivity index (χ0n) is 13.5. The van der Waals surface area contributed by atoms with Crippen LogP contribution in [0.5, 0.6) is 0 Å². The maximum Gasteiger partial charge on any atom is 0.281 e. The number of anilines is 1. The number of hydrogen-bond donors (Lipinski definition) is 1. The van der Waals surface area contributed by atoms with E-state index in [1.165, 1.54) is 24.6 Å². The molecule has 0 saturated carbocycles. The number of rotatable bonds is 4. The van der Waals surface area contributed by atoms with Gasteiger partial charge < -0.3 is 10.2 Å². The molecule has 1 saturated heterocycles. The summed E-state index contributed by atoms with van der Waals surface area (Å²) in [6.45, 7) is 0.522. The highest BCUT2D eigenvalue weighted by atomic mass is 32.2. The van der Waals surface area contributed by atoms with Crippen molar-refractivity contribution in [1.29, 1.82) is 0 Å². The van der Waals surface area contributed by atoms with E-state index in [1.807, 2.05) is 0 Å². The second-order valence-electron chi connectivity index (χ2n) is 6.06. The standard InChI is InChI=1S/C14H19N5O4S/c1-18(2)24(21,22)19-7-5-14(10-19)8-12(17-23-14)13(20)16-11-4-3-6-15-9-11/h3-4,6,9H,5,7-8,10H2,1-2H3,(H,16,20). The molecule has 1 atom stereocenters. The summed E-state index contributed by atoms with van der Waals surface area (Å²) < 4.78 is 26.9. The molecule has 1 aromatic heterocycles. The first-order chi connectivity index (χ1) is 11.3. The highest BCUT2D eigenvalue weighted by Crippen LogP contribution is 2.35. The molecule has 1 amide bonds. The van der Waals surface area contributed by atoms with Gasteiger partial charge in [0.2, 0.25) is 0 Å². The molecule has 0 bridgehead atoms. The van der Waals surface area contributed by atoms with Gasteiger partial charge in [0.15, 0.2) is 5.60 Å². The van der Waals surface area contributed by atoms with Gasteiger partial charge >= 0.3 is 0 Å². The average molecular weight is 353 g/mol. The number of carbonyl (C=O) groups is 1. The molecule has 2 aliphatic heterocycles. The van der Waals surface area contributed by atoms with Gasteiger partial charge in [0.25, 0.3) is 16.1 Å². The lowest BCUT2D eigenvalue weighted by molar-refractivity contribution is -0.110. The Morgan fingerprint density at radius 1 is 1.46 bits per heavy atom. The van der Waals surface area contributed by atoms with Gasteiger partial charge in [-0.3, -0.25) is 9.78 Å². The molecule has 1 spiro atoms. The van der Waals surface area contributed by atoms with Crippen molar-refractivity contribution in [2.45, 2.75) is 18.4 Å². The van der Waals surface area contributed by atoms with Crippen LogP contribution in [0.15, 0.2) is 29.7 Å². The van der Waals surface area contributed by atoms with Crippen molar-refractivity contribution in [3.8, 4) is 0 Å². The normalized spacial score (nSPS) is 24.2. The van der Waals surface area contributed by atoms with Crippen LogP contribution in [0.4, 0.5) is 5.69 Å². The van der Waals surface area contributed by atoms with Gasteiger partial charge in [0.1, 0.15) is 5.71 Å². The number of oxime groups is 1. The van der Waals surface area contributed by atoms with E-state index in [0.717, 1.165) is 4.31 Å². The first-order valence-electron chi connectivity index (χ1n) is 7.46. The van der Waals surface area contributed by atoms with Gasteiger partial charge in [-0.1, -0.05) is 5.16 Å². The van der Waals surface area contributed by atoms with Gasteiger partial charge in [-0.15, -0.1) is 0 Å². The van der Waals surface area contributed by atoms with E-state index in [-0.39, 0.29) is 24.6 Å². The molecule has 9 nitrogen and oxygen atoms in total. The van der Waals surface area contributed by atoms with E-state index in [2.05, 4.69) is 15.5 Å². The van der Waals surface area contributed by atoms with E-state index in [1.54, 1.807) is 18.3 Å². The molecule has 10 heteroatoms. The molecule has 3 heterocycles. The molecule has 2 aliphatic rings. The zero-order valence-corrected chi connectivity index (χ0v) is 14.3. The third-order valence-corrected chi connectivity index (χ3v) is 5.98. The minimum absolute atomic E-state index is 0.181. The first kappa shape index (κ1) is 16.8. The van der Waals surface area contributed by atoms with Crippen LogP contribution in [0.2, 0.25) is 0 Å². The van der Waals surface area contributed by atoms with Crippen LogP contribution in [0, 0.1) is 0 Å². The SMILES string of the molecule is CN(C)S(=O)(=O)N1CCC2(CC(C(=O)Nc3cccnc3)=NO2)C1. The first-order valence-corrected chi connectivity index (χ1v) is 8.86. The van der Waals surface area contributed by atoms with Crippen molar-refractivity contribution in [2.75, 3.05) is 32.5 Å². The topological polar surface area (TPSA) is 104 Å². The predicted molar refractivity (Wildman–Crippen MR) is 87.5 cm³/mol. The number of hydrogen-bond acceptors (Lipinski definition) is 6. The smallest absolute Gasteiger partial charge is 0.281 e. The number of nitrogens with one attached hydrogen (secondary N) is 1. The Balaban J connectivity index is 1.64. The Bertz CT molecular complexity index is 765. The molecule has 1 unspecified atom stereocenters. The third-order valence-electron chi connectivity index (χ3n) is 4.09. The third kappa shape index (κ3) is 3.12.